The summed E-state index contributed by atoms with van der Waals surface area (Å²) >= 11 is 0. The summed E-state index contributed by atoms with van der Waals surface area (Å²) in [6, 6.07) is 5.75. The molecule has 0 saturated carbocycles. The number of nitrogens with one attached hydrogen (secondary N) is 1. The Kier molecular flexibility index (Phi) is 6.37. The number of hydrogen-bond donors (Lipinski definition) is 1. The van der Waals surface area contributed by atoms with Crippen LogP contribution in [0.15, 0.2) is 18.2 Å². The predicted molar refractivity (Wildman–Crippen MR) is 94.9 cm³/mol. The first-order chi connectivity index (χ1) is 11.4. The number of esters is 1. The van der Waals surface area contributed by atoms with Gasteiger partial charge in [-0.25, -0.2) is 0 Å². The number of likely N-dealkylation sites (tertiary alicyclic amines) is 1. The molecule has 2 atom stereocenters. The number of benzene rings is 1. The van der Waals surface area contributed by atoms with Gasteiger partial charge >= 0.3 is 5.97 Å². The molecule has 0 radical (unpaired) electrons. The van der Waals surface area contributed by atoms with Gasteiger partial charge in [0.15, 0.2) is 0 Å². The third kappa shape index (κ3) is 4.57. The molecule has 0 aliphatic carbocycles. The maximum atomic E-state index is 12.6. The SMILES string of the molecule is CCOC(=O)[C@@H]1CCCN([C@@H](C)C(=O)Nc2cc(C)ccc2C)C1. The first-order valence-electron chi connectivity index (χ1n) is 8.71. The van der Waals surface area contributed by atoms with Crippen molar-refractivity contribution in [2.75, 3.05) is 25.0 Å². The molecule has 1 N–H and O–H groups in total. The lowest BCUT2D eigenvalue weighted by atomic mass is 9.97. The average Bonchev–Trinajstić information content (AvgIpc) is 2.57. The first-order valence-corrected chi connectivity index (χ1v) is 8.71. The monoisotopic (exact) mass is 332 g/mol. The summed E-state index contributed by atoms with van der Waals surface area (Å²) in [6.07, 6.45) is 1.74. The third-order valence-electron chi connectivity index (χ3n) is 4.65. The predicted octanol–water partition coefficient (Wildman–Crippen LogP) is 2.91. The molecule has 1 fully saturated rings. The summed E-state index contributed by atoms with van der Waals surface area (Å²) in [7, 11) is 0. The highest BCUT2D eigenvalue weighted by atomic mass is 16.5. The van der Waals surface area contributed by atoms with Gasteiger partial charge in [0, 0.05) is 12.2 Å². The van der Waals surface area contributed by atoms with Gasteiger partial charge in [-0.3, -0.25) is 14.5 Å². The minimum absolute atomic E-state index is 0.0341. The summed E-state index contributed by atoms with van der Waals surface area (Å²) in [5.74, 6) is -0.313. The number of rotatable bonds is 5. The Balaban J connectivity index is 1.99. The van der Waals surface area contributed by atoms with Crippen molar-refractivity contribution in [2.24, 2.45) is 5.92 Å². The number of amides is 1. The normalized spacial score (nSPS) is 19.6. The Labute approximate surface area is 144 Å². The fourth-order valence-corrected chi connectivity index (χ4v) is 3.08. The molecule has 1 saturated heterocycles. The summed E-state index contributed by atoms with van der Waals surface area (Å²) in [5, 5.41) is 3.02. The van der Waals surface area contributed by atoms with Gasteiger partial charge in [0.25, 0.3) is 0 Å². The second-order valence-corrected chi connectivity index (χ2v) is 6.57. The van der Waals surface area contributed by atoms with Crippen molar-refractivity contribution in [3.8, 4) is 0 Å². The molecule has 1 amide bonds. The zero-order valence-corrected chi connectivity index (χ0v) is 15.1. The van der Waals surface area contributed by atoms with E-state index in [0.29, 0.717) is 13.2 Å². The molecule has 132 valence electrons. The molecule has 1 aliphatic heterocycles. The molecule has 5 heteroatoms. The molecule has 1 aromatic carbocycles. The van der Waals surface area contributed by atoms with Crippen LogP contribution in [0.2, 0.25) is 0 Å². The van der Waals surface area contributed by atoms with Crippen molar-refractivity contribution >= 4 is 17.6 Å². The number of anilines is 1. The minimum Gasteiger partial charge on any atom is -0.466 e. The van der Waals surface area contributed by atoms with E-state index in [4.69, 9.17) is 4.74 Å². The molecule has 0 bridgehead atoms. The van der Waals surface area contributed by atoms with E-state index < -0.39 is 0 Å². The second-order valence-electron chi connectivity index (χ2n) is 6.57. The van der Waals surface area contributed by atoms with Gasteiger partial charge in [-0.1, -0.05) is 12.1 Å². The van der Waals surface area contributed by atoms with Crippen molar-refractivity contribution < 1.29 is 14.3 Å². The fraction of sp³-hybridized carbons (Fsp3) is 0.579. The quantitative estimate of drug-likeness (QED) is 0.842. The highest BCUT2D eigenvalue weighted by Gasteiger charge is 2.31. The number of aryl methyl sites for hydroxylation is 2. The Morgan fingerprint density at radius 3 is 2.83 bits per heavy atom. The smallest absolute Gasteiger partial charge is 0.310 e. The highest BCUT2D eigenvalue weighted by Crippen LogP contribution is 2.21. The molecule has 1 aromatic rings. The fourth-order valence-electron chi connectivity index (χ4n) is 3.08. The van der Waals surface area contributed by atoms with E-state index in [1.165, 1.54) is 0 Å². The Hall–Kier alpha value is -1.88. The summed E-state index contributed by atoms with van der Waals surface area (Å²) in [4.78, 5) is 26.6. The van der Waals surface area contributed by atoms with Crippen molar-refractivity contribution in [1.29, 1.82) is 0 Å². The molecule has 1 heterocycles. The van der Waals surface area contributed by atoms with Crippen molar-refractivity contribution in [1.82, 2.24) is 4.90 Å². The van der Waals surface area contributed by atoms with Crippen LogP contribution >= 0.6 is 0 Å². The molecular weight excluding hydrogens is 304 g/mol. The molecule has 24 heavy (non-hydrogen) atoms. The maximum Gasteiger partial charge on any atom is 0.310 e. The average molecular weight is 332 g/mol. The zero-order valence-electron chi connectivity index (χ0n) is 15.1. The lowest BCUT2D eigenvalue weighted by Gasteiger charge is -2.35. The summed E-state index contributed by atoms with van der Waals surface area (Å²) in [5.41, 5.74) is 3.01. The Bertz CT molecular complexity index is 600. The number of piperidine rings is 1. The van der Waals surface area contributed by atoms with Crippen molar-refractivity contribution in [3.63, 3.8) is 0 Å². The standard InChI is InChI=1S/C19H28N2O3/c1-5-24-19(23)16-7-6-10-21(12-16)15(4)18(22)20-17-11-13(2)8-9-14(17)3/h8-9,11,15-16H,5-7,10,12H2,1-4H3,(H,20,22)/t15-,16+/m0/s1. The zero-order chi connectivity index (χ0) is 17.7. The minimum atomic E-state index is -0.276. The lowest BCUT2D eigenvalue weighted by Crippen LogP contribution is -2.48. The van der Waals surface area contributed by atoms with Crippen molar-refractivity contribution in [2.45, 2.75) is 46.6 Å². The van der Waals surface area contributed by atoms with Crippen LogP contribution in [0.4, 0.5) is 5.69 Å². The van der Waals surface area contributed by atoms with E-state index in [1.54, 1.807) is 0 Å². The second kappa shape index (κ2) is 8.29. The van der Waals surface area contributed by atoms with E-state index in [-0.39, 0.29) is 23.8 Å². The first kappa shape index (κ1) is 18.5. The molecule has 0 aromatic heterocycles. The van der Waals surface area contributed by atoms with Gasteiger partial charge in [-0.15, -0.1) is 0 Å². The molecular formula is C19H28N2O3. The van der Waals surface area contributed by atoms with Crippen LogP contribution in [0.3, 0.4) is 0 Å². The molecule has 2 rings (SSSR count). The van der Waals surface area contributed by atoms with Crippen LogP contribution in [0.1, 0.15) is 37.8 Å². The summed E-state index contributed by atoms with van der Waals surface area (Å²) < 4.78 is 5.13. The molecule has 5 nitrogen and oxygen atoms in total. The van der Waals surface area contributed by atoms with Gasteiger partial charge in [0.2, 0.25) is 5.91 Å². The number of ether oxygens (including phenoxy) is 1. The van der Waals surface area contributed by atoms with Gasteiger partial charge < -0.3 is 10.1 Å². The van der Waals surface area contributed by atoms with Crippen LogP contribution in [0.5, 0.6) is 0 Å². The van der Waals surface area contributed by atoms with Gasteiger partial charge in [-0.05, 0) is 64.3 Å². The third-order valence-corrected chi connectivity index (χ3v) is 4.65. The highest BCUT2D eigenvalue weighted by molar-refractivity contribution is 5.95. The van der Waals surface area contributed by atoms with E-state index in [9.17, 15) is 9.59 Å². The van der Waals surface area contributed by atoms with Crippen LogP contribution in [-0.2, 0) is 14.3 Å². The Morgan fingerprint density at radius 1 is 1.38 bits per heavy atom. The lowest BCUT2D eigenvalue weighted by molar-refractivity contribution is -0.150. The molecule has 0 unspecified atom stereocenters. The largest absolute Gasteiger partial charge is 0.466 e. The van der Waals surface area contributed by atoms with Crippen LogP contribution < -0.4 is 5.32 Å². The van der Waals surface area contributed by atoms with Gasteiger partial charge in [0.05, 0.1) is 18.6 Å². The van der Waals surface area contributed by atoms with Gasteiger partial charge in [-0.2, -0.15) is 0 Å². The maximum absolute atomic E-state index is 12.6. The Morgan fingerprint density at radius 2 is 2.12 bits per heavy atom. The van der Waals surface area contributed by atoms with Crippen LogP contribution in [0.25, 0.3) is 0 Å². The van der Waals surface area contributed by atoms with Gasteiger partial charge in [0.1, 0.15) is 0 Å². The molecule has 0 spiro atoms. The molecule has 1 aliphatic rings. The van der Waals surface area contributed by atoms with E-state index >= 15 is 0 Å². The topological polar surface area (TPSA) is 58.6 Å². The van der Waals surface area contributed by atoms with E-state index in [1.807, 2.05) is 45.9 Å². The van der Waals surface area contributed by atoms with Crippen molar-refractivity contribution in [3.05, 3.63) is 29.3 Å². The number of nitrogens with zero attached hydrogens (tertiary/aromatic N) is 1. The number of carbonyl (C=O) groups is 2. The number of hydrogen-bond acceptors (Lipinski definition) is 4. The van der Waals surface area contributed by atoms with E-state index in [0.717, 1.165) is 36.2 Å². The van der Waals surface area contributed by atoms with Crippen LogP contribution in [0, 0.1) is 19.8 Å². The van der Waals surface area contributed by atoms with Crippen LogP contribution in [-0.4, -0.2) is 42.5 Å². The summed E-state index contributed by atoms with van der Waals surface area (Å²) in [6.45, 7) is 9.52. The number of carbonyl (C=O) groups excluding carboxylic acids is 2. The van der Waals surface area contributed by atoms with E-state index in [2.05, 4.69) is 10.2 Å².